The first-order chi connectivity index (χ1) is 16.9. The fourth-order valence-corrected chi connectivity index (χ4v) is 5.53. The van der Waals surface area contributed by atoms with E-state index in [9.17, 15) is 18.5 Å². The molecule has 0 aliphatic carbocycles. The molecule has 3 rings (SSSR count). The molecule has 0 saturated heterocycles. The molecule has 0 saturated carbocycles. The van der Waals surface area contributed by atoms with E-state index >= 15 is 0 Å². The Bertz CT molecular complexity index is 1430. The number of thioether (sulfide) groups is 1. The molecule has 0 spiro atoms. The second kappa shape index (κ2) is 11.1. The molecule has 2 N–H and O–H groups in total. The van der Waals surface area contributed by atoms with Crippen molar-refractivity contribution in [2.45, 2.75) is 63.1 Å². The monoisotopic (exact) mass is 524 g/mol. The standard InChI is InChI=1S/C25H28N6O3S2/c1-7-22(35-24-21(13-26)17(5)16(4)18(6)29-24)23(32)30-19-8-10-20(11-9-19)36(33,34)31-25-27-14(2)12-15(3)28-25/h8-12,22H,7H2,1-6H3,(H,30,32)(H,27,28,31). The van der Waals surface area contributed by atoms with Crippen molar-refractivity contribution < 1.29 is 13.2 Å². The van der Waals surface area contributed by atoms with Crippen molar-refractivity contribution in [1.29, 1.82) is 5.26 Å². The predicted octanol–water partition coefficient (Wildman–Crippen LogP) is 4.60. The Morgan fingerprint density at radius 3 is 2.19 bits per heavy atom. The van der Waals surface area contributed by atoms with Crippen molar-refractivity contribution in [3.63, 3.8) is 0 Å². The van der Waals surface area contributed by atoms with E-state index in [2.05, 4.69) is 31.1 Å². The highest BCUT2D eigenvalue weighted by Gasteiger charge is 2.23. The molecule has 1 aromatic carbocycles. The van der Waals surface area contributed by atoms with Crippen LogP contribution in [0.1, 0.15) is 47.1 Å². The molecule has 1 amide bonds. The van der Waals surface area contributed by atoms with Gasteiger partial charge in [-0.05, 0) is 82.5 Å². The highest BCUT2D eigenvalue weighted by molar-refractivity contribution is 8.00. The lowest BCUT2D eigenvalue weighted by atomic mass is 10.1. The van der Waals surface area contributed by atoms with Crippen LogP contribution in [0.3, 0.4) is 0 Å². The van der Waals surface area contributed by atoms with E-state index in [4.69, 9.17) is 0 Å². The SMILES string of the molecule is CCC(Sc1nc(C)c(C)c(C)c1C#N)C(=O)Nc1ccc(S(=O)(=O)Nc2nc(C)cc(C)n2)cc1. The molecular formula is C25H28N6O3S2. The molecule has 0 radical (unpaired) electrons. The fourth-order valence-electron chi connectivity index (χ4n) is 3.48. The summed E-state index contributed by atoms with van der Waals surface area (Å²) in [7, 11) is -3.90. The molecule has 3 aromatic rings. The Morgan fingerprint density at radius 2 is 1.64 bits per heavy atom. The largest absolute Gasteiger partial charge is 0.325 e. The number of benzene rings is 1. The van der Waals surface area contributed by atoms with Crippen molar-refractivity contribution in [1.82, 2.24) is 15.0 Å². The summed E-state index contributed by atoms with van der Waals surface area (Å²) < 4.78 is 27.9. The molecule has 2 heterocycles. The van der Waals surface area contributed by atoms with Crippen LogP contribution in [0.25, 0.3) is 0 Å². The van der Waals surface area contributed by atoms with Crippen LogP contribution in [-0.2, 0) is 14.8 Å². The van der Waals surface area contributed by atoms with E-state index in [0.717, 1.165) is 16.8 Å². The number of amides is 1. The van der Waals surface area contributed by atoms with Gasteiger partial charge in [-0.15, -0.1) is 0 Å². The summed E-state index contributed by atoms with van der Waals surface area (Å²) in [6.45, 7) is 11.1. The number of nitrogens with zero attached hydrogens (tertiary/aromatic N) is 4. The van der Waals surface area contributed by atoms with Crippen LogP contribution in [0.15, 0.2) is 40.3 Å². The third kappa shape index (κ3) is 6.19. The van der Waals surface area contributed by atoms with Gasteiger partial charge in [-0.1, -0.05) is 18.7 Å². The number of hydrogen-bond donors (Lipinski definition) is 2. The van der Waals surface area contributed by atoms with Crippen LogP contribution in [-0.4, -0.2) is 34.5 Å². The minimum absolute atomic E-state index is 0.000353. The van der Waals surface area contributed by atoms with Crippen LogP contribution in [0.4, 0.5) is 11.6 Å². The summed E-state index contributed by atoms with van der Waals surface area (Å²) in [4.78, 5) is 25.7. The Morgan fingerprint density at radius 1 is 1.03 bits per heavy atom. The molecule has 188 valence electrons. The zero-order valence-corrected chi connectivity index (χ0v) is 22.6. The Hall–Kier alpha value is -3.49. The second-order valence-electron chi connectivity index (χ2n) is 8.35. The third-order valence-corrected chi connectivity index (χ3v) is 8.33. The predicted molar refractivity (Wildman–Crippen MR) is 140 cm³/mol. The van der Waals surface area contributed by atoms with Crippen LogP contribution in [0, 0.1) is 45.9 Å². The molecule has 36 heavy (non-hydrogen) atoms. The van der Waals surface area contributed by atoms with Gasteiger partial charge in [0.25, 0.3) is 10.0 Å². The molecule has 0 aliphatic heterocycles. The van der Waals surface area contributed by atoms with E-state index in [-0.39, 0.29) is 16.8 Å². The van der Waals surface area contributed by atoms with E-state index < -0.39 is 15.3 Å². The molecule has 1 atom stereocenters. The molecule has 2 aromatic heterocycles. The minimum atomic E-state index is -3.90. The molecule has 9 nitrogen and oxygen atoms in total. The molecule has 1 unspecified atom stereocenters. The van der Waals surface area contributed by atoms with Gasteiger partial charge in [0.2, 0.25) is 11.9 Å². The van der Waals surface area contributed by atoms with E-state index in [1.807, 2.05) is 27.7 Å². The number of nitrogens with one attached hydrogen (secondary N) is 2. The highest BCUT2D eigenvalue weighted by atomic mass is 32.2. The molecule has 0 bridgehead atoms. The van der Waals surface area contributed by atoms with Crippen molar-refractivity contribution in [2.24, 2.45) is 0 Å². The number of sulfonamides is 1. The summed E-state index contributed by atoms with van der Waals surface area (Å²) in [6.07, 6.45) is 0.515. The number of pyridine rings is 1. The van der Waals surface area contributed by atoms with Gasteiger partial charge in [0.05, 0.1) is 15.7 Å². The Kier molecular flexibility index (Phi) is 8.32. The quantitative estimate of drug-likeness (QED) is 0.408. The molecular weight excluding hydrogens is 496 g/mol. The molecule has 0 aliphatic rings. The van der Waals surface area contributed by atoms with E-state index in [1.165, 1.54) is 36.0 Å². The van der Waals surface area contributed by atoms with Gasteiger partial charge in [0, 0.05) is 22.8 Å². The summed E-state index contributed by atoms with van der Waals surface area (Å²) in [5.41, 5.74) is 4.86. The number of aryl methyl sites for hydroxylation is 3. The summed E-state index contributed by atoms with van der Waals surface area (Å²) in [6, 6.07) is 9.79. The van der Waals surface area contributed by atoms with Crippen molar-refractivity contribution >= 4 is 39.3 Å². The summed E-state index contributed by atoms with van der Waals surface area (Å²) in [5.74, 6) is -0.263. The lowest BCUT2D eigenvalue weighted by Gasteiger charge is -2.17. The number of nitriles is 1. The van der Waals surface area contributed by atoms with E-state index in [1.54, 1.807) is 19.9 Å². The van der Waals surface area contributed by atoms with Gasteiger partial charge in [0.1, 0.15) is 11.1 Å². The third-order valence-electron chi connectivity index (χ3n) is 5.63. The Labute approximate surface area is 215 Å². The van der Waals surface area contributed by atoms with Crippen LogP contribution >= 0.6 is 11.8 Å². The minimum Gasteiger partial charge on any atom is -0.325 e. The average molecular weight is 525 g/mol. The number of carbonyl (C=O) groups excluding carboxylic acids is 1. The fraction of sp³-hybridized carbons (Fsp3) is 0.320. The zero-order valence-electron chi connectivity index (χ0n) is 21.0. The molecule has 0 fully saturated rings. The summed E-state index contributed by atoms with van der Waals surface area (Å²) >= 11 is 1.25. The van der Waals surface area contributed by atoms with Crippen LogP contribution < -0.4 is 10.0 Å². The first-order valence-electron chi connectivity index (χ1n) is 11.3. The van der Waals surface area contributed by atoms with Crippen molar-refractivity contribution in [3.8, 4) is 6.07 Å². The number of rotatable bonds is 8. The number of carbonyl (C=O) groups is 1. The van der Waals surface area contributed by atoms with Gasteiger partial charge in [-0.3, -0.25) is 4.79 Å². The zero-order chi connectivity index (χ0) is 26.6. The van der Waals surface area contributed by atoms with Gasteiger partial charge >= 0.3 is 0 Å². The van der Waals surface area contributed by atoms with Gasteiger partial charge in [-0.25, -0.2) is 28.1 Å². The lowest BCUT2D eigenvalue weighted by Crippen LogP contribution is -2.25. The number of aromatic nitrogens is 3. The van der Waals surface area contributed by atoms with Gasteiger partial charge in [-0.2, -0.15) is 5.26 Å². The first kappa shape index (κ1) is 27.1. The van der Waals surface area contributed by atoms with Crippen LogP contribution in [0.2, 0.25) is 0 Å². The van der Waals surface area contributed by atoms with E-state index in [0.29, 0.717) is 34.1 Å². The van der Waals surface area contributed by atoms with Gasteiger partial charge in [0.15, 0.2) is 0 Å². The van der Waals surface area contributed by atoms with Crippen molar-refractivity contribution in [2.75, 3.05) is 10.0 Å². The maximum atomic E-state index is 13.0. The first-order valence-corrected chi connectivity index (χ1v) is 13.6. The normalized spacial score (nSPS) is 12.0. The number of hydrogen-bond acceptors (Lipinski definition) is 8. The molecule has 11 heteroatoms. The van der Waals surface area contributed by atoms with Gasteiger partial charge < -0.3 is 5.32 Å². The summed E-state index contributed by atoms with van der Waals surface area (Å²) in [5, 5.41) is 12.5. The number of anilines is 2. The lowest BCUT2D eigenvalue weighted by molar-refractivity contribution is -0.115. The maximum absolute atomic E-state index is 13.0. The highest BCUT2D eigenvalue weighted by Crippen LogP contribution is 2.31. The van der Waals surface area contributed by atoms with Crippen LogP contribution in [0.5, 0.6) is 0 Å². The van der Waals surface area contributed by atoms with Crippen molar-refractivity contribution in [3.05, 3.63) is 64.1 Å². The Balaban J connectivity index is 1.74. The average Bonchev–Trinajstić information content (AvgIpc) is 2.80. The topological polar surface area (TPSA) is 138 Å². The second-order valence-corrected chi connectivity index (χ2v) is 11.2. The smallest absolute Gasteiger partial charge is 0.264 e. The maximum Gasteiger partial charge on any atom is 0.264 e.